The van der Waals surface area contributed by atoms with E-state index in [9.17, 15) is 19.2 Å². The van der Waals surface area contributed by atoms with Crippen LogP contribution in [0.1, 0.15) is 36.4 Å². The molecule has 2 aromatic rings. The molecule has 0 saturated heterocycles. The first-order valence-electron chi connectivity index (χ1n) is 11.3. The number of rotatable bonds is 10. The minimum atomic E-state index is -2.74. The van der Waals surface area contributed by atoms with Crippen molar-refractivity contribution in [3.63, 3.8) is 0 Å². The smallest absolute Gasteiger partial charge is 0.336 e. The Bertz CT molecular complexity index is 1110. The van der Waals surface area contributed by atoms with Crippen molar-refractivity contribution >= 4 is 41.2 Å². The first-order valence-corrected chi connectivity index (χ1v) is 11.7. The monoisotopic (exact) mass is 535 g/mol. The molecule has 0 aliphatic carbocycles. The molecule has 0 radical (unpaired) electrons. The molecule has 0 saturated carbocycles. The van der Waals surface area contributed by atoms with Crippen LogP contribution in [0, 0.1) is 0 Å². The van der Waals surface area contributed by atoms with E-state index < -0.39 is 36.4 Å². The summed E-state index contributed by atoms with van der Waals surface area (Å²) in [6, 6.07) is 15.6. The quantitative estimate of drug-likeness (QED) is 0.307. The van der Waals surface area contributed by atoms with Crippen molar-refractivity contribution in [3.05, 3.63) is 64.7 Å². The molecule has 200 valence electrons. The Hall–Kier alpha value is -3.67. The summed E-state index contributed by atoms with van der Waals surface area (Å²) in [5.74, 6) is -5.02. The van der Waals surface area contributed by atoms with E-state index in [1.54, 1.807) is 0 Å². The van der Waals surface area contributed by atoms with Crippen molar-refractivity contribution < 1.29 is 39.6 Å². The van der Waals surface area contributed by atoms with Gasteiger partial charge in [0, 0.05) is 22.8 Å². The number of hydrogen-bond acceptors (Lipinski definition) is 6. The average Bonchev–Trinajstić information content (AvgIpc) is 2.79. The average molecular weight is 536 g/mol. The van der Waals surface area contributed by atoms with Crippen LogP contribution in [0.4, 0.5) is 10.5 Å². The predicted octanol–water partition coefficient (Wildman–Crippen LogP) is 2.98. The summed E-state index contributed by atoms with van der Waals surface area (Å²) in [6.45, 7) is 1.63. The van der Waals surface area contributed by atoms with Gasteiger partial charge < -0.3 is 35.5 Å². The fourth-order valence-corrected chi connectivity index (χ4v) is 4.02. The number of aliphatic carboxylic acids is 3. The number of benzene rings is 2. The van der Waals surface area contributed by atoms with E-state index in [2.05, 4.69) is 22.3 Å². The molecule has 1 aliphatic heterocycles. The standard InChI is InChI=1S/C19H22ClN3O.C6H8O7/c1-22(2)11-6-12-23-18(14-7-4-3-5-8-14)16-13-15(20)9-10-17(16)21-19(23)24;7-3(8)1-6(13,5(11)12)2-4(9)10/h3-5,7-10,13,18H,6,11-12H2,1-2H3,(H,21,24);13H,1-2H2,(H,7,8)(H,9,10)(H,11,12). The molecule has 2 aromatic carbocycles. The van der Waals surface area contributed by atoms with Gasteiger partial charge >= 0.3 is 23.9 Å². The third kappa shape index (κ3) is 8.45. The van der Waals surface area contributed by atoms with Gasteiger partial charge in [-0.05, 0) is 50.8 Å². The zero-order valence-corrected chi connectivity index (χ0v) is 21.2. The van der Waals surface area contributed by atoms with Crippen molar-refractivity contribution in [2.75, 3.05) is 32.5 Å². The van der Waals surface area contributed by atoms with Crippen molar-refractivity contribution in [1.82, 2.24) is 9.80 Å². The Morgan fingerprint density at radius 1 is 1.03 bits per heavy atom. The van der Waals surface area contributed by atoms with Gasteiger partial charge in [0.1, 0.15) is 0 Å². The summed E-state index contributed by atoms with van der Waals surface area (Å²) in [4.78, 5) is 47.2. The van der Waals surface area contributed by atoms with Crippen molar-refractivity contribution in [3.8, 4) is 0 Å². The number of nitrogens with zero attached hydrogens (tertiary/aromatic N) is 2. The second kappa shape index (κ2) is 13.0. The number of urea groups is 1. The molecular weight excluding hydrogens is 506 g/mol. The highest BCUT2D eigenvalue weighted by Gasteiger charge is 2.40. The van der Waals surface area contributed by atoms with E-state index in [1.165, 1.54) is 0 Å². The maximum Gasteiger partial charge on any atom is 0.336 e. The van der Waals surface area contributed by atoms with Crippen LogP contribution in [0.2, 0.25) is 5.02 Å². The molecule has 37 heavy (non-hydrogen) atoms. The van der Waals surface area contributed by atoms with Crippen molar-refractivity contribution in [2.45, 2.75) is 30.9 Å². The largest absolute Gasteiger partial charge is 0.481 e. The molecule has 11 nitrogen and oxygen atoms in total. The number of fused-ring (bicyclic) bond motifs is 1. The van der Waals surface area contributed by atoms with Crippen LogP contribution in [-0.4, -0.2) is 87.0 Å². The lowest BCUT2D eigenvalue weighted by Crippen LogP contribution is -2.43. The number of hydrogen-bond donors (Lipinski definition) is 5. The minimum absolute atomic E-state index is 0.0579. The molecule has 0 fully saturated rings. The van der Waals surface area contributed by atoms with Gasteiger partial charge in [-0.25, -0.2) is 9.59 Å². The highest BCUT2D eigenvalue weighted by molar-refractivity contribution is 6.30. The molecule has 5 N–H and O–H groups in total. The predicted molar refractivity (Wildman–Crippen MR) is 136 cm³/mol. The zero-order valence-electron chi connectivity index (χ0n) is 20.4. The summed E-state index contributed by atoms with van der Waals surface area (Å²) in [6.07, 6.45) is -1.37. The summed E-state index contributed by atoms with van der Waals surface area (Å²) >= 11 is 6.22. The van der Waals surface area contributed by atoms with Crippen LogP contribution in [0.25, 0.3) is 0 Å². The number of aliphatic hydroxyl groups is 1. The lowest BCUT2D eigenvalue weighted by atomic mass is 9.94. The molecule has 0 bridgehead atoms. The lowest BCUT2D eigenvalue weighted by molar-refractivity contribution is -0.170. The molecule has 1 unspecified atom stereocenters. The topological polar surface area (TPSA) is 168 Å². The summed E-state index contributed by atoms with van der Waals surface area (Å²) in [5, 5.41) is 37.5. The van der Waals surface area contributed by atoms with E-state index in [4.69, 9.17) is 32.0 Å². The van der Waals surface area contributed by atoms with Crippen LogP contribution in [0.3, 0.4) is 0 Å². The highest BCUT2D eigenvalue weighted by atomic mass is 35.5. The van der Waals surface area contributed by atoms with Gasteiger partial charge in [0.25, 0.3) is 0 Å². The SMILES string of the molecule is CN(C)CCCN1C(=O)Nc2ccc(Cl)cc2C1c1ccccc1.O=C(O)CC(O)(CC(=O)O)C(=O)O. The molecule has 2 amide bonds. The van der Waals surface area contributed by atoms with Gasteiger partial charge in [0.15, 0.2) is 5.60 Å². The highest BCUT2D eigenvalue weighted by Crippen LogP contribution is 2.39. The number of anilines is 1. The fraction of sp³-hybridized carbons (Fsp3) is 0.360. The number of amides is 2. The van der Waals surface area contributed by atoms with Crippen LogP contribution in [0.15, 0.2) is 48.5 Å². The third-order valence-electron chi connectivity index (χ3n) is 5.53. The first kappa shape index (κ1) is 29.6. The van der Waals surface area contributed by atoms with E-state index in [1.807, 2.05) is 55.4 Å². The first-order chi connectivity index (χ1) is 17.3. The van der Waals surface area contributed by atoms with Gasteiger partial charge in [-0.1, -0.05) is 41.9 Å². The molecule has 1 aliphatic rings. The Labute approximate surface area is 218 Å². The van der Waals surface area contributed by atoms with Crippen molar-refractivity contribution in [1.29, 1.82) is 0 Å². The van der Waals surface area contributed by atoms with Gasteiger partial charge in [-0.3, -0.25) is 9.59 Å². The second-order valence-corrected chi connectivity index (χ2v) is 9.24. The number of nitrogens with one attached hydrogen (secondary N) is 1. The molecule has 3 rings (SSSR count). The van der Waals surface area contributed by atoms with Crippen LogP contribution in [-0.2, 0) is 14.4 Å². The van der Waals surface area contributed by atoms with Gasteiger partial charge in [0.2, 0.25) is 0 Å². The number of carboxylic acid groups (broad SMARTS) is 3. The lowest BCUT2D eigenvalue weighted by Gasteiger charge is -2.38. The molecular formula is C25H30ClN3O8. The van der Waals surface area contributed by atoms with Crippen LogP contribution in [0.5, 0.6) is 0 Å². The zero-order chi connectivity index (χ0) is 27.8. The third-order valence-corrected chi connectivity index (χ3v) is 5.76. The van der Waals surface area contributed by atoms with Gasteiger partial charge in [-0.2, -0.15) is 0 Å². The summed E-state index contributed by atoms with van der Waals surface area (Å²) in [5.41, 5.74) is 0.235. The Morgan fingerprint density at radius 3 is 2.14 bits per heavy atom. The Kier molecular flexibility index (Phi) is 10.4. The second-order valence-electron chi connectivity index (χ2n) is 8.80. The van der Waals surface area contributed by atoms with Crippen LogP contribution < -0.4 is 5.32 Å². The fourth-order valence-electron chi connectivity index (χ4n) is 3.84. The number of carbonyl (C=O) groups is 4. The van der Waals surface area contributed by atoms with E-state index in [0.717, 1.165) is 29.8 Å². The Morgan fingerprint density at radius 2 is 1.62 bits per heavy atom. The van der Waals surface area contributed by atoms with Crippen molar-refractivity contribution in [2.24, 2.45) is 0 Å². The van der Waals surface area contributed by atoms with Gasteiger partial charge in [-0.15, -0.1) is 0 Å². The van der Waals surface area contributed by atoms with E-state index >= 15 is 0 Å². The maximum atomic E-state index is 12.7. The normalized spacial score (nSPS) is 14.8. The molecule has 0 spiro atoms. The number of carbonyl (C=O) groups excluding carboxylic acids is 1. The summed E-state index contributed by atoms with van der Waals surface area (Å²) in [7, 11) is 4.08. The van der Waals surface area contributed by atoms with E-state index in [0.29, 0.717) is 11.6 Å². The van der Waals surface area contributed by atoms with E-state index in [-0.39, 0.29) is 12.1 Å². The van der Waals surface area contributed by atoms with Crippen LogP contribution >= 0.6 is 11.6 Å². The molecule has 1 heterocycles. The molecule has 1 atom stereocenters. The van der Waals surface area contributed by atoms with Gasteiger partial charge in [0.05, 0.1) is 18.9 Å². The summed E-state index contributed by atoms with van der Waals surface area (Å²) < 4.78 is 0. The molecule has 12 heteroatoms. The number of carboxylic acids is 3. The maximum absolute atomic E-state index is 12.7. The Balaban J connectivity index is 0.000000317. The minimum Gasteiger partial charge on any atom is -0.481 e. The number of halogens is 1. The molecule has 0 aromatic heterocycles.